The van der Waals surface area contributed by atoms with Gasteiger partial charge in [0, 0.05) is 24.4 Å². The molecule has 4 heterocycles. The minimum absolute atomic E-state index is 0.0175. The van der Waals surface area contributed by atoms with Crippen LogP contribution in [0.3, 0.4) is 0 Å². The van der Waals surface area contributed by atoms with Crippen molar-refractivity contribution in [3.05, 3.63) is 53.8 Å². The summed E-state index contributed by atoms with van der Waals surface area (Å²) in [6, 6.07) is 2.80. The number of halogens is 1. The van der Waals surface area contributed by atoms with Gasteiger partial charge in [-0.05, 0) is 31.9 Å². The first-order chi connectivity index (χ1) is 18.2. The van der Waals surface area contributed by atoms with Crippen LogP contribution in [0.5, 0.6) is 0 Å². The number of hydrogen-bond donors (Lipinski definition) is 3. The standard InChI is InChI=1S/C22H23FN7O6PS/c1-2-35-15-6-14(7-15)29-10-17(20(28-29)19-16(23)4-3-5-24-19)26-21(31)18-11-38-22(27-18)13-8-25-30(9-13)36-12-37(32,33)34/h3-5,8-11,14-15H,2,6-7,12H2,1H3,(H,26,31)(H2,32,33,34)/t14-,15+. The molecule has 4 aromatic heterocycles. The van der Waals surface area contributed by atoms with Crippen LogP contribution in [0.2, 0.25) is 0 Å². The number of nitrogens with one attached hydrogen (secondary N) is 1. The molecule has 0 saturated heterocycles. The molecule has 0 aromatic carbocycles. The van der Waals surface area contributed by atoms with E-state index in [0.29, 0.717) is 22.9 Å². The van der Waals surface area contributed by atoms with E-state index in [4.69, 9.17) is 19.4 Å². The number of carbonyl (C=O) groups excluding carboxylic acids is 1. The van der Waals surface area contributed by atoms with E-state index in [2.05, 4.69) is 25.5 Å². The van der Waals surface area contributed by atoms with Crippen molar-refractivity contribution in [2.24, 2.45) is 0 Å². The third-order valence-corrected chi connectivity index (χ3v) is 7.05. The van der Waals surface area contributed by atoms with Gasteiger partial charge in [-0.2, -0.15) is 5.10 Å². The molecule has 1 saturated carbocycles. The molecule has 5 rings (SSSR count). The van der Waals surface area contributed by atoms with E-state index in [9.17, 15) is 13.8 Å². The summed E-state index contributed by atoms with van der Waals surface area (Å²) >= 11 is 1.17. The van der Waals surface area contributed by atoms with E-state index in [1.54, 1.807) is 16.3 Å². The second-order valence-electron chi connectivity index (χ2n) is 8.45. The molecule has 3 N–H and O–H groups in total. The molecule has 200 valence electrons. The second-order valence-corrected chi connectivity index (χ2v) is 10.9. The fraction of sp³-hybridized carbons (Fsp3) is 0.318. The zero-order valence-corrected chi connectivity index (χ0v) is 21.7. The van der Waals surface area contributed by atoms with Crippen molar-refractivity contribution < 1.29 is 33.1 Å². The third kappa shape index (κ3) is 5.81. The van der Waals surface area contributed by atoms with Crippen LogP contribution in [0.4, 0.5) is 10.1 Å². The molecule has 0 bridgehead atoms. The summed E-state index contributed by atoms with van der Waals surface area (Å²) < 4.78 is 32.9. The summed E-state index contributed by atoms with van der Waals surface area (Å²) in [4.78, 5) is 45.2. The molecule has 0 unspecified atom stereocenters. The first-order valence-corrected chi connectivity index (χ1v) is 14.2. The molecule has 0 aliphatic heterocycles. The van der Waals surface area contributed by atoms with Crippen LogP contribution in [-0.4, -0.2) is 64.4 Å². The Morgan fingerprint density at radius 1 is 1.32 bits per heavy atom. The largest absolute Gasteiger partial charge is 0.384 e. The number of aromatic nitrogens is 6. The lowest BCUT2D eigenvalue weighted by Gasteiger charge is -2.34. The van der Waals surface area contributed by atoms with Gasteiger partial charge < -0.3 is 24.7 Å². The second kappa shape index (κ2) is 10.7. The van der Waals surface area contributed by atoms with E-state index < -0.39 is 25.7 Å². The zero-order valence-electron chi connectivity index (χ0n) is 20.0. The highest BCUT2D eigenvalue weighted by Gasteiger charge is 2.33. The van der Waals surface area contributed by atoms with Crippen LogP contribution in [0, 0.1) is 5.82 Å². The van der Waals surface area contributed by atoms with E-state index >= 15 is 0 Å². The number of hydrogen-bond acceptors (Lipinski definition) is 9. The predicted molar refractivity (Wildman–Crippen MR) is 134 cm³/mol. The first-order valence-electron chi connectivity index (χ1n) is 11.5. The van der Waals surface area contributed by atoms with Crippen molar-refractivity contribution in [3.8, 4) is 22.0 Å². The average molecular weight is 564 g/mol. The molecule has 38 heavy (non-hydrogen) atoms. The van der Waals surface area contributed by atoms with Crippen LogP contribution in [0.25, 0.3) is 22.0 Å². The quantitative estimate of drug-likeness (QED) is 0.244. The summed E-state index contributed by atoms with van der Waals surface area (Å²) in [5.74, 6) is -1.10. The highest BCUT2D eigenvalue weighted by molar-refractivity contribution is 7.51. The van der Waals surface area contributed by atoms with Gasteiger partial charge in [0.15, 0.2) is 5.82 Å². The fourth-order valence-electron chi connectivity index (χ4n) is 3.85. The zero-order chi connectivity index (χ0) is 26.9. The highest BCUT2D eigenvalue weighted by Crippen LogP contribution is 2.37. The molecule has 1 aliphatic carbocycles. The number of rotatable bonds is 10. The Bertz CT molecular complexity index is 1490. The van der Waals surface area contributed by atoms with Crippen LogP contribution in [0.15, 0.2) is 42.3 Å². The SMILES string of the molecule is CCO[C@H]1C[C@@H](n2cc(NC(=O)c3csc(-c4cnn(OCP(=O)(O)O)c4)n3)c(-c3ncccc3F)n2)C1. The number of ether oxygens (including phenoxy) is 1. The third-order valence-electron chi connectivity index (χ3n) is 5.71. The van der Waals surface area contributed by atoms with E-state index in [1.807, 2.05) is 6.92 Å². The van der Waals surface area contributed by atoms with Gasteiger partial charge in [-0.15, -0.1) is 21.3 Å². The summed E-state index contributed by atoms with van der Waals surface area (Å²) in [5.41, 5.74) is 1.10. The number of carbonyl (C=O) groups is 1. The summed E-state index contributed by atoms with van der Waals surface area (Å²) in [6.45, 7) is 2.56. The van der Waals surface area contributed by atoms with Gasteiger partial charge in [-0.3, -0.25) is 19.0 Å². The van der Waals surface area contributed by atoms with Crippen molar-refractivity contribution in [1.29, 1.82) is 0 Å². The Labute approximate surface area is 219 Å². The lowest BCUT2D eigenvalue weighted by molar-refractivity contribution is -0.0226. The Balaban J connectivity index is 1.34. The summed E-state index contributed by atoms with van der Waals surface area (Å²) in [5, 5.41) is 13.2. The van der Waals surface area contributed by atoms with Gasteiger partial charge in [-0.1, -0.05) is 0 Å². The Morgan fingerprint density at radius 2 is 2.13 bits per heavy atom. The lowest BCUT2D eigenvalue weighted by Crippen LogP contribution is -2.33. The van der Waals surface area contributed by atoms with Crippen LogP contribution in [0.1, 0.15) is 36.3 Å². The molecule has 1 amide bonds. The molecule has 16 heteroatoms. The van der Waals surface area contributed by atoms with Gasteiger partial charge in [0.25, 0.3) is 5.91 Å². The first kappa shape index (κ1) is 26.1. The molecule has 1 fully saturated rings. The molecular weight excluding hydrogens is 540 g/mol. The van der Waals surface area contributed by atoms with E-state index in [-0.39, 0.29) is 29.2 Å². The fourth-order valence-corrected chi connectivity index (χ4v) is 4.89. The van der Waals surface area contributed by atoms with Crippen molar-refractivity contribution in [2.75, 3.05) is 18.3 Å². The van der Waals surface area contributed by atoms with Crippen LogP contribution >= 0.6 is 18.9 Å². The Kier molecular flexibility index (Phi) is 7.36. The van der Waals surface area contributed by atoms with Crippen LogP contribution < -0.4 is 10.2 Å². The molecule has 1 aliphatic rings. The average Bonchev–Trinajstić information content (AvgIpc) is 3.59. The maximum absolute atomic E-state index is 14.6. The van der Waals surface area contributed by atoms with Crippen LogP contribution in [-0.2, 0) is 9.30 Å². The molecule has 4 aromatic rings. The maximum Gasteiger partial charge on any atom is 0.365 e. The van der Waals surface area contributed by atoms with Gasteiger partial charge in [0.2, 0.25) is 6.35 Å². The van der Waals surface area contributed by atoms with Gasteiger partial charge >= 0.3 is 7.60 Å². The van der Waals surface area contributed by atoms with Crippen molar-refractivity contribution in [3.63, 3.8) is 0 Å². The molecular formula is C22H23FN7O6PS. The molecule has 13 nitrogen and oxygen atoms in total. The minimum Gasteiger partial charge on any atom is -0.384 e. The van der Waals surface area contributed by atoms with E-state index in [0.717, 1.165) is 17.7 Å². The van der Waals surface area contributed by atoms with Crippen molar-refractivity contribution >= 4 is 30.5 Å². The van der Waals surface area contributed by atoms with Crippen molar-refractivity contribution in [2.45, 2.75) is 31.9 Å². The monoisotopic (exact) mass is 563 g/mol. The number of pyridine rings is 1. The van der Waals surface area contributed by atoms with Gasteiger partial charge in [0.1, 0.15) is 22.1 Å². The predicted octanol–water partition coefficient (Wildman–Crippen LogP) is 2.96. The highest BCUT2D eigenvalue weighted by atomic mass is 32.1. The smallest absolute Gasteiger partial charge is 0.365 e. The number of thiazole rings is 1. The van der Waals surface area contributed by atoms with Gasteiger partial charge in [-0.25, -0.2) is 9.37 Å². The number of anilines is 1. The van der Waals surface area contributed by atoms with E-state index in [1.165, 1.54) is 42.1 Å². The number of amides is 1. The topological polar surface area (TPSA) is 167 Å². The minimum atomic E-state index is -4.37. The molecule has 0 radical (unpaired) electrons. The Hall–Kier alpha value is -3.49. The Morgan fingerprint density at radius 3 is 2.87 bits per heavy atom. The number of nitrogens with zero attached hydrogens (tertiary/aromatic N) is 6. The van der Waals surface area contributed by atoms with Crippen molar-refractivity contribution in [1.82, 2.24) is 29.7 Å². The van der Waals surface area contributed by atoms with Gasteiger partial charge in [0.05, 0.1) is 35.8 Å². The summed E-state index contributed by atoms with van der Waals surface area (Å²) in [7, 11) is -4.37. The maximum atomic E-state index is 14.6. The molecule has 0 atom stereocenters. The summed E-state index contributed by atoms with van der Waals surface area (Å²) in [6.07, 6.45) is 6.71. The lowest BCUT2D eigenvalue weighted by atomic mass is 9.89. The molecule has 0 spiro atoms. The normalized spacial score (nSPS) is 17.3.